The third kappa shape index (κ3) is 18.1. The van der Waals surface area contributed by atoms with Gasteiger partial charge in [0.15, 0.2) is 11.3 Å². The van der Waals surface area contributed by atoms with Crippen LogP contribution in [0.4, 0.5) is 0 Å². The molecule has 14 aromatic rings. The molecule has 0 amide bonds. The molecular formula is C84H76BBrCl2N8O6P2PdS2. The van der Waals surface area contributed by atoms with Gasteiger partial charge in [-0.25, -0.2) is 34.7 Å². The van der Waals surface area contributed by atoms with Crippen LogP contribution in [0, 0.1) is 23.7 Å². The first-order valence-corrected chi connectivity index (χ1v) is 45.2. The summed E-state index contributed by atoms with van der Waals surface area (Å²) in [6, 6.07) is 85.4. The van der Waals surface area contributed by atoms with Gasteiger partial charge in [0.25, 0.3) is 20.0 Å². The zero-order valence-corrected chi connectivity index (χ0v) is 66.5. The Morgan fingerprint density at radius 3 is 1.07 bits per heavy atom. The summed E-state index contributed by atoms with van der Waals surface area (Å²) in [5.41, 5.74) is 7.43. The Balaban J connectivity index is 0.000000121. The minimum absolute atomic E-state index is 0.106. The van der Waals surface area contributed by atoms with Gasteiger partial charge in [-0.2, -0.15) is 10.2 Å². The molecule has 107 heavy (non-hydrogen) atoms. The molecule has 0 radical (unpaired) electrons. The second-order valence-electron chi connectivity index (χ2n) is 26.2. The van der Waals surface area contributed by atoms with E-state index >= 15 is 0 Å². The fraction of sp³-hybridized carbons (Fsp3) is 0.143. The minimum atomic E-state index is -3.77. The van der Waals surface area contributed by atoms with Crippen molar-refractivity contribution in [1.29, 1.82) is 0 Å². The van der Waals surface area contributed by atoms with Crippen LogP contribution in [0.2, 0.25) is 0 Å². The van der Waals surface area contributed by atoms with Crippen molar-refractivity contribution in [3.63, 3.8) is 0 Å². The molecule has 4 unspecified atom stereocenters. The predicted octanol–water partition coefficient (Wildman–Crippen LogP) is 16.5. The summed E-state index contributed by atoms with van der Waals surface area (Å²) in [6.45, 7) is 0. The number of hydrogen-bond acceptors (Lipinski definition) is 10. The third-order valence-corrected chi connectivity index (χ3v) is 27.9. The van der Waals surface area contributed by atoms with Gasteiger partial charge < -0.3 is 10.0 Å². The van der Waals surface area contributed by atoms with E-state index in [9.17, 15) is 16.8 Å². The maximum absolute atomic E-state index is 13.4. The summed E-state index contributed by atoms with van der Waals surface area (Å²) in [5.74, 6) is 2.42. The van der Waals surface area contributed by atoms with Gasteiger partial charge >= 0.3 is 42.1 Å². The standard InChI is InChI=1S/C24H22N4O2S.2C18H15P.C17H13BrN4O2S.C7H11BO2.2ClH.Pd/c1-27-14-19(13-26-27)23-15-28(31(29,30)20-5-3-2-4-6-20)24-22(23)11-18(12-25-24)21-10-16-7-8-17(21)9-16;2*1-4-10-16(11-5-1)19(17-12-6-2-7-13-17)18-14-8-3-9-15-18;1-21-10-12(8-20-21)16-11-22(17-15(16)7-13(18)9-19-17)25(23,24)14-5-3-2-4-6-14;9-8(10)7-4-5-1-2-6(7)3-5;;;/h2-6,10-17H,7-9H2,1H3;2*1-15H;2-11H,1H3;4-6,9-10H,1-3H2;2*1H;/q;;;;;;;+2/p-2. The van der Waals surface area contributed by atoms with Crippen LogP contribution in [0.1, 0.15) is 44.1 Å². The largest absolute Gasteiger partial charge is 0.0622 e. The summed E-state index contributed by atoms with van der Waals surface area (Å²) < 4.78 is 59.7. The smallest absolute Gasteiger partial charge is 0.0134 e. The maximum Gasteiger partial charge on any atom is -0.0134 e. The first-order chi connectivity index (χ1) is 52.1. The molecule has 0 aliphatic heterocycles. The van der Waals surface area contributed by atoms with Gasteiger partial charge in [-0.05, 0) is 179 Å². The number of rotatable bonds is 14. The molecule has 2 fully saturated rings. The first kappa shape index (κ1) is 76.7. The molecule has 18 rings (SSSR count). The Hall–Kier alpha value is -8.49. The predicted molar refractivity (Wildman–Crippen MR) is 440 cm³/mol. The van der Waals surface area contributed by atoms with Gasteiger partial charge in [0.05, 0.1) is 22.2 Å². The molecule has 544 valence electrons. The summed E-state index contributed by atoms with van der Waals surface area (Å²) in [5, 5.41) is 36.1. The Morgan fingerprint density at radius 1 is 0.439 bits per heavy atom. The number of pyridine rings is 2. The molecule has 0 spiro atoms. The Bertz CT molecular complexity index is 5280. The molecule has 14 nitrogen and oxygen atoms in total. The van der Waals surface area contributed by atoms with Crippen molar-refractivity contribution in [2.24, 2.45) is 37.8 Å². The minimum Gasteiger partial charge on any atom is -0.0622 e. The maximum atomic E-state index is 13.4. The summed E-state index contributed by atoms with van der Waals surface area (Å²) in [7, 11) is 3.70. The Morgan fingerprint density at radius 2 is 0.776 bits per heavy atom. The zero-order chi connectivity index (χ0) is 74.4. The number of fused-ring (bicyclic) bond motifs is 6. The molecule has 4 bridgehead atoms. The molecule has 4 aliphatic rings. The average Bonchev–Trinajstić information content (AvgIpc) is 1.59. The first-order valence-electron chi connectivity index (χ1n) is 34.9. The van der Waals surface area contributed by atoms with E-state index in [4.69, 9.17) is 29.1 Å². The zero-order valence-electron chi connectivity index (χ0n) is 58.4. The number of allylic oxidation sites excluding steroid dienone is 4. The second-order valence-corrected chi connectivity index (χ2v) is 37.5. The van der Waals surface area contributed by atoms with E-state index in [1.165, 1.54) is 71.0 Å². The van der Waals surface area contributed by atoms with E-state index in [1.807, 2.05) is 44.8 Å². The third-order valence-electron chi connectivity index (χ3n) is 19.2. The number of hydrogen-bond donors (Lipinski definition) is 2. The monoisotopic (exact) mass is 1680 g/mol. The number of nitrogens with zero attached hydrogens (tertiary/aromatic N) is 8. The van der Waals surface area contributed by atoms with Crippen molar-refractivity contribution in [3.05, 3.63) is 332 Å². The van der Waals surface area contributed by atoms with Crippen LogP contribution in [0.5, 0.6) is 0 Å². The van der Waals surface area contributed by atoms with Gasteiger partial charge in [-0.1, -0.05) is 231 Å². The van der Waals surface area contributed by atoms with Gasteiger partial charge in [0.2, 0.25) is 0 Å². The van der Waals surface area contributed by atoms with Crippen LogP contribution < -0.4 is 31.8 Å². The SMILES string of the molecule is Cn1cc(-c2cn(S(=O)(=O)c3ccccc3)c3ncc(Br)cc23)cn1.Cn1cc(-c2cn(S(=O)(=O)c3ccccc3)c3ncc(C4=CC5CCC4C5)cc23)cn1.OB(O)C1=CC2CCC1C2.[Cl][Pd][Cl].c1ccc(P(c2ccccc2)c2ccccc2)cc1.c1ccc(P(c2ccccc2)c2ccccc2)cc1. The molecule has 6 heterocycles. The molecular weight excluding hydrogens is 1610 g/mol. The number of halogens is 3. The fourth-order valence-electron chi connectivity index (χ4n) is 14.4. The second kappa shape index (κ2) is 35.7. The topological polar surface area (TPSA) is 180 Å². The molecule has 2 N–H and O–H groups in total. The van der Waals surface area contributed by atoms with Crippen LogP contribution in [0.15, 0.2) is 336 Å². The van der Waals surface area contributed by atoms with Crippen molar-refractivity contribution in [1.82, 2.24) is 37.5 Å². The molecule has 2 saturated carbocycles. The van der Waals surface area contributed by atoms with E-state index in [-0.39, 0.29) is 25.7 Å². The quantitative estimate of drug-likeness (QED) is 0.0786. The Labute approximate surface area is 652 Å². The molecule has 4 atom stereocenters. The molecule has 6 aromatic heterocycles. The summed E-state index contributed by atoms with van der Waals surface area (Å²) in [6.07, 6.45) is 25.6. The summed E-state index contributed by atoms with van der Waals surface area (Å²) in [4.78, 5) is 9.46. The van der Waals surface area contributed by atoms with Crippen molar-refractivity contribution < 1.29 is 42.8 Å². The number of aryl methyl sites for hydroxylation is 2. The molecule has 8 aromatic carbocycles. The van der Waals surface area contributed by atoms with Crippen LogP contribution >= 0.6 is 50.8 Å². The average molecular weight is 1690 g/mol. The van der Waals surface area contributed by atoms with Crippen LogP contribution in [0.25, 0.3) is 49.9 Å². The van der Waals surface area contributed by atoms with E-state index in [1.54, 1.807) is 101 Å². The van der Waals surface area contributed by atoms with Gasteiger partial charge in [0.1, 0.15) is 0 Å². The van der Waals surface area contributed by atoms with Crippen molar-refractivity contribution >= 4 is 137 Å². The number of aromatic nitrogens is 8. The fourth-order valence-corrected chi connectivity index (χ4v) is 22.0. The Kier molecular flexibility index (Phi) is 25.6. The molecule has 4 aliphatic carbocycles. The van der Waals surface area contributed by atoms with Crippen molar-refractivity contribution in [2.75, 3.05) is 0 Å². The van der Waals surface area contributed by atoms with E-state index in [0.717, 1.165) is 61.4 Å². The van der Waals surface area contributed by atoms with Crippen molar-refractivity contribution in [3.8, 4) is 22.3 Å². The van der Waals surface area contributed by atoms with Crippen LogP contribution in [-0.4, -0.2) is 71.5 Å². The van der Waals surface area contributed by atoms with Gasteiger partial charge in [0, 0.05) is 88.8 Å². The van der Waals surface area contributed by atoms with Gasteiger partial charge in [-0.15, -0.1) is 0 Å². The van der Waals surface area contributed by atoms with Crippen molar-refractivity contribution in [2.45, 2.75) is 48.3 Å². The molecule has 23 heteroatoms. The van der Waals surface area contributed by atoms with E-state index in [2.05, 4.69) is 230 Å². The number of benzene rings is 8. The van der Waals surface area contributed by atoms with E-state index in [0.29, 0.717) is 35.0 Å². The molecule has 0 saturated heterocycles. The van der Waals surface area contributed by atoms with E-state index < -0.39 is 43.0 Å². The van der Waals surface area contributed by atoms with Crippen LogP contribution in [-0.2, 0) is 50.1 Å². The van der Waals surface area contributed by atoms with Gasteiger partial charge in [-0.3, -0.25) is 9.36 Å². The summed E-state index contributed by atoms with van der Waals surface area (Å²) >= 11 is 3.30. The normalized spacial score (nSPS) is 16.1. The van der Waals surface area contributed by atoms with Crippen LogP contribution in [0.3, 0.4) is 0 Å².